The van der Waals surface area contributed by atoms with E-state index in [4.69, 9.17) is 0 Å². The fraction of sp³-hybridized carbons (Fsp3) is 0.250. The van der Waals surface area contributed by atoms with Crippen LogP contribution in [0.25, 0.3) is 0 Å². The second-order valence-electron chi connectivity index (χ2n) is 3.02. The van der Waals surface area contributed by atoms with Crippen molar-refractivity contribution in [1.82, 2.24) is 25.6 Å². The number of nitrogens with zero attached hydrogens (tertiary/aromatic N) is 4. The average Bonchev–Trinajstić information content (AvgIpc) is 2.69. The minimum atomic E-state index is 0.491. The van der Waals surface area contributed by atoms with Gasteiger partial charge in [0.2, 0.25) is 0 Å². The summed E-state index contributed by atoms with van der Waals surface area (Å²) in [5.41, 5.74) is 1.10. The number of tetrazole rings is 1. The first-order valence-corrected chi connectivity index (χ1v) is 5.13. The largest absolute Gasteiger partial charge is 0.362 e. The summed E-state index contributed by atoms with van der Waals surface area (Å²) in [6, 6.07) is 1.99. The molecule has 78 valence electrons. The summed E-state index contributed by atoms with van der Waals surface area (Å²) in [4.78, 5) is 4.23. The lowest BCUT2D eigenvalue weighted by atomic mass is 10.3. The molecule has 0 atom stereocenters. The molecule has 15 heavy (non-hydrogen) atoms. The average molecular weight is 269 g/mol. The summed E-state index contributed by atoms with van der Waals surface area (Å²) in [6.07, 6.45) is 1.79. The zero-order valence-corrected chi connectivity index (χ0v) is 9.61. The van der Waals surface area contributed by atoms with Crippen LogP contribution >= 0.6 is 15.9 Å². The lowest BCUT2D eigenvalue weighted by Gasteiger charge is -2.05. The molecule has 0 fully saturated rings. The highest BCUT2D eigenvalue weighted by Gasteiger charge is 2.03. The van der Waals surface area contributed by atoms with Gasteiger partial charge in [-0.05, 0) is 34.5 Å². The van der Waals surface area contributed by atoms with Gasteiger partial charge in [0.15, 0.2) is 5.82 Å². The molecule has 2 aromatic rings. The van der Waals surface area contributed by atoms with Crippen molar-refractivity contribution in [1.29, 1.82) is 0 Å². The molecule has 0 aliphatic rings. The molecule has 2 N–H and O–H groups in total. The molecular formula is C8H9BrN6. The summed E-state index contributed by atoms with van der Waals surface area (Å²) >= 11 is 3.42. The zero-order valence-electron chi connectivity index (χ0n) is 8.03. The van der Waals surface area contributed by atoms with Gasteiger partial charge in [0, 0.05) is 6.20 Å². The van der Waals surface area contributed by atoms with Gasteiger partial charge in [0.25, 0.3) is 0 Å². The third kappa shape index (κ3) is 2.50. The molecular weight excluding hydrogens is 260 g/mol. The number of rotatable bonds is 3. The number of anilines is 1. The first-order chi connectivity index (χ1) is 7.25. The maximum absolute atomic E-state index is 4.23. The summed E-state index contributed by atoms with van der Waals surface area (Å²) in [5, 5.41) is 16.6. The molecule has 0 spiro atoms. The summed E-state index contributed by atoms with van der Waals surface area (Å²) in [7, 11) is 0. The normalized spacial score (nSPS) is 10.3. The van der Waals surface area contributed by atoms with Crippen LogP contribution in [-0.2, 0) is 6.54 Å². The molecule has 0 amide bonds. The molecule has 0 bridgehead atoms. The van der Waals surface area contributed by atoms with Gasteiger partial charge in [-0.25, -0.2) is 4.98 Å². The molecule has 0 radical (unpaired) electrons. The topological polar surface area (TPSA) is 79.4 Å². The Morgan fingerprint density at radius 1 is 1.53 bits per heavy atom. The fourth-order valence-electron chi connectivity index (χ4n) is 1.08. The van der Waals surface area contributed by atoms with Crippen LogP contribution in [0.15, 0.2) is 16.7 Å². The first kappa shape index (κ1) is 10.0. The second-order valence-corrected chi connectivity index (χ2v) is 3.88. The van der Waals surface area contributed by atoms with E-state index in [1.54, 1.807) is 6.20 Å². The fourth-order valence-corrected chi connectivity index (χ4v) is 1.69. The first-order valence-electron chi connectivity index (χ1n) is 4.34. The molecule has 0 aliphatic carbocycles. The van der Waals surface area contributed by atoms with Crippen LogP contribution < -0.4 is 5.32 Å². The van der Waals surface area contributed by atoms with Gasteiger partial charge in [0.1, 0.15) is 5.82 Å². The number of hydrogen-bond acceptors (Lipinski definition) is 5. The Bertz CT molecular complexity index is 440. The van der Waals surface area contributed by atoms with Gasteiger partial charge < -0.3 is 5.32 Å². The van der Waals surface area contributed by atoms with Crippen LogP contribution in [0.3, 0.4) is 0 Å². The van der Waals surface area contributed by atoms with Gasteiger partial charge in [-0.15, -0.1) is 10.2 Å². The smallest absolute Gasteiger partial charge is 0.193 e. The highest BCUT2D eigenvalue weighted by atomic mass is 79.9. The molecule has 0 unspecified atom stereocenters. The molecule has 6 nitrogen and oxygen atoms in total. The Hall–Kier alpha value is -1.50. The number of H-pyrrole nitrogens is 1. The van der Waals surface area contributed by atoms with E-state index in [0.717, 1.165) is 15.9 Å². The van der Waals surface area contributed by atoms with Crippen LogP contribution in [0.2, 0.25) is 0 Å². The third-order valence-corrected chi connectivity index (χ3v) is 2.39. The maximum atomic E-state index is 4.23. The molecule has 0 aromatic carbocycles. The molecule has 2 heterocycles. The Kier molecular flexibility index (Phi) is 2.91. The van der Waals surface area contributed by atoms with Gasteiger partial charge in [-0.1, -0.05) is 5.21 Å². The van der Waals surface area contributed by atoms with Crippen molar-refractivity contribution in [2.45, 2.75) is 13.5 Å². The molecule has 2 rings (SSSR count). The van der Waals surface area contributed by atoms with E-state index in [-0.39, 0.29) is 0 Å². The quantitative estimate of drug-likeness (QED) is 0.877. The van der Waals surface area contributed by atoms with E-state index in [2.05, 4.69) is 46.9 Å². The maximum Gasteiger partial charge on any atom is 0.193 e. The predicted octanol–water partition coefficient (Wildman–Crippen LogP) is 1.28. The van der Waals surface area contributed by atoms with Crippen LogP contribution in [0.1, 0.15) is 11.4 Å². The van der Waals surface area contributed by atoms with Crippen LogP contribution in [0.4, 0.5) is 5.82 Å². The zero-order chi connectivity index (χ0) is 10.7. The van der Waals surface area contributed by atoms with Gasteiger partial charge in [-0.3, -0.25) is 0 Å². The van der Waals surface area contributed by atoms with Gasteiger partial charge in [0.05, 0.1) is 11.0 Å². The highest BCUT2D eigenvalue weighted by molar-refractivity contribution is 9.10. The van der Waals surface area contributed by atoms with E-state index in [1.165, 1.54) is 0 Å². The number of aromatic nitrogens is 5. The summed E-state index contributed by atoms with van der Waals surface area (Å²) in [6.45, 7) is 2.48. The predicted molar refractivity (Wildman–Crippen MR) is 58.2 cm³/mol. The van der Waals surface area contributed by atoms with E-state index in [1.807, 2.05) is 13.0 Å². The van der Waals surface area contributed by atoms with Crippen LogP contribution in [-0.4, -0.2) is 25.6 Å². The van der Waals surface area contributed by atoms with Crippen molar-refractivity contribution in [3.8, 4) is 0 Å². The monoisotopic (exact) mass is 268 g/mol. The van der Waals surface area contributed by atoms with Crippen molar-refractivity contribution >= 4 is 21.7 Å². The number of aromatic amines is 1. The lowest BCUT2D eigenvalue weighted by molar-refractivity contribution is 0.881. The molecule has 0 saturated carbocycles. The number of pyridine rings is 1. The molecule has 7 heteroatoms. The van der Waals surface area contributed by atoms with E-state index in [0.29, 0.717) is 12.4 Å². The molecule has 0 aliphatic heterocycles. The molecule has 2 aromatic heterocycles. The van der Waals surface area contributed by atoms with Crippen molar-refractivity contribution in [2.24, 2.45) is 0 Å². The van der Waals surface area contributed by atoms with E-state index in [9.17, 15) is 0 Å². The number of aryl methyl sites for hydroxylation is 1. The molecule has 0 saturated heterocycles. The van der Waals surface area contributed by atoms with Crippen molar-refractivity contribution in [3.05, 3.63) is 28.1 Å². The highest BCUT2D eigenvalue weighted by Crippen LogP contribution is 2.20. The summed E-state index contributed by atoms with van der Waals surface area (Å²) < 4.78 is 0.922. The number of nitrogens with one attached hydrogen (secondary N) is 2. The Labute approximate surface area is 94.6 Å². The lowest BCUT2D eigenvalue weighted by Crippen LogP contribution is -2.03. The minimum Gasteiger partial charge on any atom is -0.362 e. The van der Waals surface area contributed by atoms with E-state index < -0.39 is 0 Å². The Balaban J connectivity index is 2.05. The summed E-state index contributed by atoms with van der Waals surface area (Å²) in [5.74, 6) is 1.37. The minimum absolute atomic E-state index is 0.491. The number of hydrogen-bond donors (Lipinski definition) is 2. The van der Waals surface area contributed by atoms with E-state index >= 15 is 0 Å². The van der Waals surface area contributed by atoms with Gasteiger partial charge in [-0.2, -0.15) is 5.21 Å². The SMILES string of the molecule is Cc1cnc(NCc2nn[nH]n2)c(Br)c1. The number of halogens is 1. The standard InChI is InChI=1S/C8H9BrN6/c1-5-2-6(9)8(10-3-5)11-4-7-12-14-15-13-7/h2-3H,4H2,1H3,(H,10,11)(H,12,13,14,15). The van der Waals surface area contributed by atoms with Crippen molar-refractivity contribution in [2.75, 3.05) is 5.32 Å². The Morgan fingerprint density at radius 3 is 3.07 bits per heavy atom. The second kappa shape index (κ2) is 4.35. The van der Waals surface area contributed by atoms with Crippen molar-refractivity contribution in [3.63, 3.8) is 0 Å². The Morgan fingerprint density at radius 2 is 2.40 bits per heavy atom. The van der Waals surface area contributed by atoms with Gasteiger partial charge >= 0.3 is 0 Å². The van der Waals surface area contributed by atoms with Crippen molar-refractivity contribution < 1.29 is 0 Å². The third-order valence-electron chi connectivity index (χ3n) is 1.78. The van der Waals surface area contributed by atoms with Crippen LogP contribution in [0.5, 0.6) is 0 Å². The van der Waals surface area contributed by atoms with Crippen LogP contribution in [0, 0.1) is 6.92 Å².